The molecule has 0 bridgehead atoms. The fourth-order valence-corrected chi connectivity index (χ4v) is 5.64. The molecule has 1 fully saturated rings. The molecule has 132 valence electrons. The van der Waals surface area contributed by atoms with E-state index in [0.29, 0.717) is 11.7 Å². The van der Waals surface area contributed by atoms with E-state index < -0.39 is 15.9 Å². The fraction of sp³-hybridized carbons (Fsp3) is 0.438. The molecule has 25 heavy (non-hydrogen) atoms. The molecule has 1 saturated carbocycles. The number of amides is 1. The minimum absolute atomic E-state index is 0.0951. The third-order valence-electron chi connectivity index (χ3n) is 4.44. The first-order chi connectivity index (χ1) is 12.0. The molecule has 1 aromatic heterocycles. The van der Waals surface area contributed by atoms with Crippen LogP contribution in [-0.4, -0.2) is 45.7 Å². The minimum Gasteiger partial charge on any atom is -0.306 e. The summed E-state index contributed by atoms with van der Waals surface area (Å²) in [6.07, 6.45) is 2.31. The Morgan fingerprint density at radius 2 is 2.00 bits per heavy atom. The van der Waals surface area contributed by atoms with Crippen molar-refractivity contribution < 1.29 is 13.2 Å². The van der Waals surface area contributed by atoms with E-state index in [9.17, 15) is 13.2 Å². The van der Waals surface area contributed by atoms with Crippen LogP contribution in [0.3, 0.4) is 0 Å². The maximum atomic E-state index is 12.5. The van der Waals surface area contributed by atoms with Crippen molar-refractivity contribution in [2.24, 2.45) is 0 Å². The lowest BCUT2D eigenvalue weighted by molar-refractivity contribution is 0.0876. The summed E-state index contributed by atoms with van der Waals surface area (Å²) in [6, 6.07) is 6.34. The molecule has 7 nitrogen and oxygen atoms in total. The average molecular weight is 378 g/mol. The Bertz CT molecular complexity index is 935. The Morgan fingerprint density at radius 3 is 2.68 bits per heavy atom. The van der Waals surface area contributed by atoms with Gasteiger partial charge >= 0.3 is 0 Å². The maximum absolute atomic E-state index is 12.5. The van der Waals surface area contributed by atoms with Crippen molar-refractivity contribution in [3.8, 4) is 0 Å². The molecule has 4 rings (SSSR count). The van der Waals surface area contributed by atoms with Crippen LogP contribution >= 0.6 is 11.8 Å². The number of benzene rings is 1. The Labute approximate surface area is 150 Å². The first-order valence-corrected chi connectivity index (χ1v) is 10.7. The average Bonchev–Trinajstić information content (AvgIpc) is 3.34. The maximum Gasteiger partial charge on any atom is 0.269 e. The third-order valence-corrected chi connectivity index (χ3v) is 7.23. The lowest BCUT2D eigenvalue weighted by Crippen LogP contribution is -2.32. The zero-order chi connectivity index (χ0) is 17.6. The number of aromatic nitrogens is 3. The number of thioether (sulfide) groups is 1. The summed E-state index contributed by atoms with van der Waals surface area (Å²) < 4.78 is 28.1. The predicted molar refractivity (Wildman–Crippen MR) is 93.1 cm³/mol. The standard InChI is InChI=1S/C16H18N4O3S2/c1-2-19-14(11-7-8-11)17-18-16(19)24-10-9-20-15(21)12-5-3-4-6-13(12)25(20,22)23/h3-6,11H,2,7-10H2,1H3. The van der Waals surface area contributed by atoms with Crippen LogP contribution in [0.4, 0.5) is 0 Å². The number of nitrogens with zero attached hydrogens (tertiary/aromatic N) is 4. The van der Waals surface area contributed by atoms with Gasteiger partial charge in [0.15, 0.2) is 5.16 Å². The molecule has 0 unspecified atom stereocenters. The van der Waals surface area contributed by atoms with Gasteiger partial charge in [-0.15, -0.1) is 10.2 Å². The van der Waals surface area contributed by atoms with Gasteiger partial charge in [-0.2, -0.15) is 0 Å². The Morgan fingerprint density at radius 1 is 1.24 bits per heavy atom. The summed E-state index contributed by atoms with van der Waals surface area (Å²) in [6.45, 7) is 2.95. The largest absolute Gasteiger partial charge is 0.306 e. The van der Waals surface area contributed by atoms with E-state index in [1.54, 1.807) is 18.2 Å². The van der Waals surface area contributed by atoms with Gasteiger partial charge in [0.25, 0.3) is 15.9 Å². The molecule has 9 heteroatoms. The first kappa shape index (κ1) is 16.6. The molecule has 1 amide bonds. The fourth-order valence-electron chi connectivity index (χ4n) is 3.02. The van der Waals surface area contributed by atoms with Gasteiger partial charge < -0.3 is 4.57 Å². The minimum atomic E-state index is -3.74. The van der Waals surface area contributed by atoms with E-state index >= 15 is 0 Å². The summed E-state index contributed by atoms with van der Waals surface area (Å²) in [5.41, 5.74) is 0.250. The molecular formula is C16H18N4O3S2. The van der Waals surface area contributed by atoms with Gasteiger partial charge in [0, 0.05) is 24.8 Å². The molecule has 1 aliphatic carbocycles. The third kappa shape index (κ3) is 2.75. The van der Waals surface area contributed by atoms with Crippen molar-refractivity contribution in [3.05, 3.63) is 35.7 Å². The van der Waals surface area contributed by atoms with Crippen molar-refractivity contribution in [2.45, 2.75) is 42.3 Å². The van der Waals surface area contributed by atoms with Crippen LogP contribution in [0, 0.1) is 0 Å². The quantitative estimate of drug-likeness (QED) is 0.716. The van der Waals surface area contributed by atoms with Crippen LogP contribution in [0.2, 0.25) is 0 Å². The Kier molecular flexibility index (Phi) is 4.07. The lowest BCUT2D eigenvalue weighted by atomic mass is 10.2. The highest BCUT2D eigenvalue weighted by molar-refractivity contribution is 7.99. The van der Waals surface area contributed by atoms with E-state index in [-0.39, 0.29) is 17.0 Å². The van der Waals surface area contributed by atoms with Crippen molar-refractivity contribution in [1.82, 2.24) is 19.1 Å². The number of hydrogen-bond acceptors (Lipinski definition) is 6. The molecule has 1 aromatic carbocycles. The Hall–Kier alpha value is -1.87. The topological polar surface area (TPSA) is 85.2 Å². The highest BCUT2D eigenvalue weighted by Gasteiger charge is 2.40. The summed E-state index contributed by atoms with van der Waals surface area (Å²) >= 11 is 1.44. The normalized spacial score (nSPS) is 18.6. The molecule has 2 aromatic rings. The lowest BCUT2D eigenvalue weighted by Gasteiger charge is -2.14. The van der Waals surface area contributed by atoms with Crippen molar-refractivity contribution in [2.75, 3.05) is 12.3 Å². The van der Waals surface area contributed by atoms with Gasteiger partial charge in [0.05, 0.1) is 5.56 Å². The van der Waals surface area contributed by atoms with E-state index in [1.165, 1.54) is 17.8 Å². The van der Waals surface area contributed by atoms with Gasteiger partial charge in [-0.3, -0.25) is 4.79 Å². The molecule has 2 heterocycles. The van der Waals surface area contributed by atoms with Crippen LogP contribution in [0.5, 0.6) is 0 Å². The van der Waals surface area contributed by atoms with Crippen LogP contribution in [0.1, 0.15) is 41.9 Å². The number of fused-ring (bicyclic) bond motifs is 1. The molecule has 0 N–H and O–H groups in total. The van der Waals surface area contributed by atoms with Crippen LogP contribution in [-0.2, 0) is 16.6 Å². The van der Waals surface area contributed by atoms with Crippen molar-refractivity contribution >= 4 is 27.7 Å². The summed E-state index contributed by atoms with van der Waals surface area (Å²) in [5.74, 6) is 1.52. The SMILES string of the molecule is CCn1c(SCCN2C(=O)c3ccccc3S2(=O)=O)nnc1C1CC1. The van der Waals surface area contributed by atoms with Gasteiger partial charge in [0.1, 0.15) is 10.7 Å². The number of carbonyl (C=O) groups is 1. The van der Waals surface area contributed by atoms with Crippen molar-refractivity contribution in [3.63, 3.8) is 0 Å². The highest BCUT2D eigenvalue weighted by Crippen LogP contribution is 2.40. The predicted octanol–water partition coefficient (Wildman–Crippen LogP) is 2.11. The molecule has 2 aliphatic rings. The van der Waals surface area contributed by atoms with Gasteiger partial charge in [-0.1, -0.05) is 23.9 Å². The number of sulfonamides is 1. The van der Waals surface area contributed by atoms with Crippen molar-refractivity contribution in [1.29, 1.82) is 0 Å². The molecule has 0 atom stereocenters. The molecule has 0 radical (unpaired) electrons. The smallest absolute Gasteiger partial charge is 0.269 e. The van der Waals surface area contributed by atoms with Gasteiger partial charge in [-0.25, -0.2) is 12.7 Å². The highest BCUT2D eigenvalue weighted by atomic mass is 32.2. The summed E-state index contributed by atoms with van der Waals surface area (Å²) in [5, 5.41) is 9.28. The summed E-state index contributed by atoms with van der Waals surface area (Å²) in [4.78, 5) is 12.5. The molecular weight excluding hydrogens is 360 g/mol. The van der Waals surface area contributed by atoms with Gasteiger partial charge in [-0.05, 0) is 31.9 Å². The number of rotatable bonds is 6. The second-order valence-corrected chi connectivity index (χ2v) is 8.98. The zero-order valence-corrected chi connectivity index (χ0v) is 15.4. The van der Waals surface area contributed by atoms with E-state index in [4.69, 9.17) is 0 Å². The monoisotopic (exact) mass is 378 g/mol. The van der Waals surface area contributed by atoms with E-state index in [0.717, 1.165) is 34.7 Å². The van der Waals surface area contributed by atoms with Crippen LogP contribution < -0.4 is 0 Å². The summed E-state index contributed by atoms with van der Waals surface area (Å²) in [7, 11) is -3.74. The Balaban J connectivity index is 1.47. The first-order valence-electron chi connectivity index (χ1n) is 8.26. The second-order valence-electron chi connectivity index (χ2n) is 6.09. The van der Waals surface area contributed by atoms with Crippen LogP contribution in [0.15, 0.2) is 34.3 Å². The van der Waals surface area contributed by atoms with Gasteiger partial charge in [0.2, 0.25) is 0 Å². The molecule has 0 spiro atoms. The van der Waals surface area contributed by atoms with E-state index in [2.05, 4.69) is 14.8 Å². The van der Waals surface area contributed by atoms with E-state index in [1.807, 2.05) is 6.92 Å². The zero-order valence-electron chi connectivity index (χ0n) is 13.8. The second kappa shape index (κ2) is 6.14. The molecule has 0 saturated heterocycles. The van der Waals surface area contributed by atoms with Crippen LogP contribution in [0.25, 0.3) is 0 Å². The number of hydrogen-bond donors (Lipinski definition) is 0. The molecule has 1 aliphatic heterocycles. The number of carbonyl (C=O) groups excluding carboxylic acids is 1.